The highest BCUT2D eigenvalue weighted by Crippen LogP contribution is 2.42. The van der Waals surface area contributed by atoms with E-state index in [9.17, 15) is 19.5 Å². The second-order valence-corrected chi connectivity index (χ2v) is 9.26. The van der Waals surface area contributed by atoms with Crippen LogP contribution in [0.25, 0.3) is 5.76 Å². The van der Waals surface area contributed by atoms with Crippen molar-refractivity contribution in [2.24, 2.45) is 0 Å². The van der Waals surface area contributed by atoms with Crippen LogP contribution in [0.2, 0.25) is 0 Å². The zero-order valence-corrected chi connectivity index (χ0v) is 21.9. The van der Waals surface area contributed by atoms with Gasteiger partial charge < -0.3 is 19.7 Å². The number of unbranched alkanes of at least 4 members (excludes halogenated alkanes) is 2. The summed E-state index contributed by atoms with van der Waals surface area (Å²) < 4.78 is 11.0. The van der Waals surface area contributed by atoms with Crippen LogP contribution in [0.4, 0.5) is 5.69 Å². The van der Waals surface area contributed by atoms with Crippen LogP contribution in [0.5, 0.6) is 11.5 Å². The van der Waals surface area contributed by atoms with Crippen LogP contribution in [0, 0.1) is 0 Å². The van der Waals surface area contributed by atoms with E-state index in [0.717, 1.165) is 19.3 Å². The topological polar surface area (TPSA) is 113 Å². The molecule has 4 rings (SSSR count). The molecule has 3 aromatic rings. The lowest BCUT2D eigenvalue weighted by Crippen LogP contribution is -2.29. The first-order valence-electron chi connectivity index (χ1n) is 12.8. The number of carbonyl (C=O) groups is 3. The molecule has 0 radical (unpaired) electrons. The number of hydrogen-bond acceptors (Lipinski definition) is 6. The fourth-order valence-corrected chi connectivity index (χ4v) is 4.56. The molecule has 1 saturated heterocycles. The Labute approximate surface area is 227 Å². The first kappa shape index (κ1) is 27.4. The second kappa shape index (κ2) is 12.3. The Morgan fingerprint density at radius 2 is 1.51 bits per heavy atom. The van der Waals surface area contributed by atoms with Crippen LogP contribution in [0.1, 0.15) is 48.9 Å². The van der Waals surface area contributed by atoms with Gasteiger partial charge in [0.1, 0.15) is 17.3 Å². The number of benzene rings is 3. The molecule has 0 spiro atoms. The summed E-state index contributed by atoms with van der Waals surface area (Å²) in [5.74, 6) is -1.63. The lowest BCUT2D eigenvalue weighted by atomic mass is 9.95. The molecule has 39 heavy (non-hydrogen) atoms. The summed E-state index contributed by atoms with van der Waals surface area (Å²) >= 11 is 0. The summed E-state index contributed by atoms with van der Waals surface area (Å²) in [6.07, 6.45) is 2.95. The molecule has 0 aliphatic carbocycles. The van der Waals surface area contributed by atoms with Gasteiger partial charge in [0.2, 0.25) is 0 Å². The van der Waals surface area contributed by atoms with Gasteiger partial charge in [-0.3, -0.25) is 19.3 Å². The number of aliphatic hydroxyl groups excluding tert-OH is 1. The summed E-state index contributed by atoms with van der Waals surface area (Å²) in [4.78, 5) is 39.1. The number of nitrogens with zero attached hydrogens (tertiary/aromatic N) is 1. The van der Waals surface area contributed by atoms with Crippen molar-refractivity contribution in [1.29, 1.82) is 0 Å². The van der Waals surface area contributed by atoms with Gasteiger partial charge in [-0.2, -0.15) is 0 Å². The third-order valence-electron chi connectivity index (χ3n) is 6.59. The van der Waals surface area contributed by atoms with Crippen molar-refractivity contribution in [2.75, 3.05) is 18.6 Å². The molecular formula is C31H31NO7. The molecule has 0 aromatic heterocycles. The Bertz CT molecular complexity index is 1360. The molecule has 1 unspecified atom stereocenters. The Morgan fingerprint density at radius 3 is 2.10 bits per heavy atom. The van der Waals surface area contributed by atoms with Gasteiger partial charge in [-0.1, -0.05) is 44.0 Å². The van der Waals surface area contributed by atoms with Crippen molar-refractivity contribution in [1.82, 2.24) is 0 Å². The number of carbonyl (C=O) groups excluding carboxylic acids is 2. The molecule has 1 aliphatic rings. The average Bonchev–Trinajstić information content (AvgIpc) is 3.21. The average molecular weight is 530 g/mol. The minimum atomic E-state index is -0.973. The van der Waals surface area contributed by atoms with E-state index in [1.54, 1.807) is 72.8 Å². The van der Waals surface area contributed by atoms with Crippen molar-refractivity contribution in [3.63, 3.8) is 0 Å². The second-order valence-electron chi connectivity index (χ2n) is 9.26. The van der Waals surface area contributed by atoms with Crippen molar-refractivity contribution in [2.45, 2.75) is 38.6 Å². The fraction of sp³-hybridized carbons (Fsp3) is 0.258. The number of rotatable bonds is 11. The van der Waals surface area contributed by atoms with Crippen LogP contribution in [-0.2, 0) is 20.8 Å². The highest BCUT2D eigenvalue weighted by Gasteiger charge is 2.47. The van der Waals surface area contributed by atoms with Crippen molar-refractivity contribution in [3.8, 4) is 11.5 Å². The highest BCUT2D eigenvalue weighted by molar-refractivity contribution is 6.51. The Balaban J connectivity index is 1.74. The molecule has 8 nitrogen and oxygen atoms in total. The maximum absolute atomic E-state index is 13.4. The summed E-state index contributed by atoms with van der Waals surface area (Å²) in [7, 11) is 1.54. The number of amides is 1. The first-order chi connectivity index (χ1) is 18.8. The first-order valence-corrected chi connectivity index (χ1v) is 12.8. The van der Waals surface area contributed by atoms with Gasteiger partial charge in [-0.15, -0.1) is 0 Å². The van der Waals surface area contributed by atoms with Gasteiger partial charge in [0.25, 0.3) is 11.7 Å². The lowest BCUT2D eigenvalue weighted by Gasteiger charge is -2.25. The van der Waals surface area contributed by atoms with Gasteiger partial charge in [-0.25, -0.2) is 0 Å². The number of aliphatic hydroxyl groups is 1. The predicted molar refractivity (Wildman–Crippen MR) is 147 cm³/mol. The van der Waals surface area contributed by atoms with Crippen molar-refractivity contribution >= 4 is 29.1 Å². The number of aliphatic carboxylic acids is 1. The molecule has 1 amide bonds. The molecule has 1 fully saturated rings. The minimum Gasteiger partial charge on any atom is -0.507 e. The zero-order valence-electron chi connectivity index (χ0n) is 21.9. The maximum atomic E-state index is 13.4. The molecule has 0 bridgehead atoms. The van der Waals surface area contributed by atoms with Crippen molar-refractivity contribution in [3.05, 3.63) is 95.1 Å². The summed E-state index contributed by atoms with van der Waals surface area (Å²) in [5.41, 5.74) is 1.89. The third kappa shape index (κ3) is 6.12. The number of ether oxygens (including phenoxy) is 2. The van der Waals surface area contributed by atoms with Gasteiger partial charge in [-0.05, 0) is 66.1 Å². The van der Waals surface area contributed by atoms with E-state index in [1.807, 2.05) is 0 Å². The third-order valence-corrected chi connectivity index (χ3v) is 6.59. The molecule has 3 aromatic carbocycles. The molecule has 1 atom stereocenters. The zero-order chi connectivity index (χ0) is 27.9. The quantitative estimate of drug-likeness (QED) is 0.146. The number of methoxy groups -OCH3 is 1. The highest BCUT2D eigenvalue weighted by atomic mass is 16.5. The molecule has 1 heterocycles. The lowest BCUT2D eigenvalue weighted by molar-refractivity contribution is -0.136. The number of ketones is 1. The van der Waals surface area contributed by atoms with Gasteiger partial charge in [0.05, 0.1) is 31.8 Å². The van der Waals surface area contributed by atoms with Crippen LogP contribution in [0.15, 0.2) is 78.4 Å². The van der Waals surface area contributed by atoms with E-state index < -0.39 is 23.7 Å². The van der Waals surface area contributed by atoms with Crippen LogP contribution >= 0.6 is 0 Å². The van der Waals surface area contributed by atoms with E-state index >= 15 is 0 Å². The Hall–Kier alpha value is -4.59. The van der Waals surface area contributed by atoms with E-state index in [1.165, 1.54) is 12.0 Å². The van der Waals surface area contributed by atoms with Crippen molar-refractivity contribution < 1.29 is 34.1 Å². The minimum absolute atomic E-state index is 0.0450. The van der Waals surface area contributed by atoms with E-state index in [2.05, 4.69) is 6.92 Å². The number of hydrogen-bond donors (Lipinski definition) is 2. The molecule has 2 N–H and O–H groups in total. The molecule has 1 aliphatic heterocycles. The monoisotopic (exact) mass is 529 g/mol. The van der Waals surface area contributed by atoms with Gasteiger partial charge >= 0.3 is 5.97 Å². The number of Topliss-reactive ketones (excluding diaryl/α,β-unsaturated/α-hetero) is 1. The maximum Gasteiger partial charge on any atom is 0.307 e. The van der Waals surface area contributed by atoms with Gasteiger partial charge in [0, 0.05) is 11.3 Å². The molecule has 202 valence electrons. The molecule has 8 heteroatoms. The normalized spacial score (nSPS) is 16.4. The molecule has 0 saturated carbocycles. The summed E-state index contributed by atoms with van der Waals surface area (Å²) in [6.45, 7) is 2.71. The number of carboxylic acid groups (broad SMARTS) is 1. The van der Waals surface area contributed by atoms with E-state index in [-0.39, 0.29) is 17.8 Å². The molecular weight excluding hydrogens is 498 g/mol. The van der Waals surface area contributed by atoms with E-state index in [4.69, 9.17) is 14.6 Å². The SMILES string of the molecule is CCCCCOc1ccc(/C(O)=C2\C(=O)C(=O)N(c3ccc(CC(=O)O)cc3)C2c2ccc(OC)cc2)cc1. The predicted octanol–water partition coefficient (Wildman–Crippen LogP) is 5.52. The Morgan fingerprint density at radius 1 is 0.872 bits per heavy atom. The van der Waals surface area contributed by atoms with Crippen LogP contribution in [-0.4, -0.2) is 41.6 Å². The van der Waals surface area contributed by atoms with Crippen LogP contribution in [0.3, 0.4) is 0 Å². The largest absolute Gasteiger partial charge is 0.507 e. The van der Waals surface area contributed by atoms with E-state index in [0.29, 0.717) is 40.5 Å². The summed E-state index contributed by atoms with van der Waals surface area (Å²) in [5, 5.41) is 20.4. The number of anilines is 1. The smallest absolute Gasteiger partial charge is 0.307 e. The fourth-order valence-electron chi connectivity index (χ4n) is 4.56. The van der Waals surface area contributed by atoms with Gasteiger partial charge in [0.15, 0.2) is 0 Å². The van der Waals surface area contributed by atoms with Crippen LogP contribution < -0.4 is 14.4 Å². The number of carboxylic acids is 1. The Kier molecular flexibility index (Phi) is 8.66. The standard InChI is InChI=1S/C31H31NO7/c1-3-4-5-18-39-25-16-10-22(11-17-25)29(35)27-28(21-8-14-24(38-2)15-9-21)32(31(37)30(27)36)23-12-6-20(7-13-23)19-26(33)34/h6-17,28,35H,3-5,18-19H2,1-2H3,(H,33,34)/b29-27+. The summed E-state index contributed by atoms with van der Waals surface area (Å²) in [6, 6.07) is 19.2.